The van der Waals surface area contributed by atoms with Crippen molar-refractivity contribution in [3.8, 4) is 0 Å². The van der Waals surface area contributed by atoms with Crippen molar-refractivity contribution >= 4 is 17.7 Å². The molecule has 2 aliphatic heterocycles. The Hall–Kier alpha value is -2.71. The Morgan fingerprint density at radius 3 is 2.67 bits per heavy atom. The van der Waals surface area contributed by atoms with Gasteiger partial charge in [-0.3, -0.25) is 4.79 Å². The van der Waals surface area contributed by atoms with Crippen molar-refractivity contribution in [1.29, 1.82) is 0 Å². The van der Waals surface area contributed by atoms with E-state index in [0.717, 1.165) is 18.2 Å². The molecule has 1 aromatic rings. The molecule has 27 heavy (non-hydrogen) atoms. The van der Waals surface area contributed by atoms with Crippen LogP contribution in [0.3, 0.4) is 0 Å². The maximum atomic E-state index is 13.8. The van der Waals surface area contributed by atoms with E-state index in [1.165, 1.54) is 4.90 Å². The first-order chi connectivity index (χ1) is 12.6. The summed E-state index contributed by atoms with van der Waals surface area (Å²) >= 11 is 0. The summed E-state index contributed by atoms with van der Waals surface area (Å²) in [6.45, 7) is 6.00. The lowest BCUT2D eigenvalue weighted by Gasteiger charge is -2.40. The molecule has 1 fully saturated rings. The van der Waals surface area contributed by atoms with E-state index in [1.807, 2.05) is 0 Å². The van der Waals surface area contributed by atoms with E-state index in [0.29, 0.717) is 13.1 Å². The van der Waals surface area contributed by atoms with Crippen LogP contribution in [0.1, 0.15) is 32.8 Å². The third-order valence-electron chi connectivity index (χ3n) is 4.08. The second kappa shape index (κ2) is 7.13. The number of hydrogen-bond donors (Lipinski definition) is 1. The minimum absolute atomic E-state index is 0.0231. The van der Waals surface area contributed by atoms with Crippen molar-refractivity contribution in [3.05, 3.63) is 35.4 Å². The van der Waals surface area contributed by atoms with Crippen molar-refractivity contribution in [1.82, 2.24) is 10.2 Å². The maximum absolute atomic E-state index is 13.8. The number of nitrogens with one attached hydrogen (secondary N) is 1. The van der Waals surface area contributed by atoms with Gasteiger partial charge in [0.25, 0.3) is 5.91 Å². The van der Waals surface area contributed by atoms with Gasteiger partial charge in [0.1, 0.15) is 17.2 Å². The largest absolute Gasteiger partial charge is 0.444 e. The predicted molar refractivity (Wildman–Crippen MR) is 92.1 cm³/mol. The fourth-order valence-corrected chi connectivity index (χ4v) is 2.74. The number of amides is 2. The topological polar surface area (TPSA) is 80.2 Å². The number of benzene rings is 1. The van der Waals surface area contributed by atoms with Crippen LogP contribution in [0.2, 0.25) is 0 Å². The number of carbonyl (C=O) groups excluding carboxylic acids is 2. The SMILES string of the molecule is CC(C)(C)OC(=O)N1CC(NC(=O)[C@H]2CC(c3cc(F)ccc3F)=NO2)C1. The summed E-state index contributed by atoms with van der Waals surface area (Å²) in [6.07, 6.45) is -1.31. The highest BCUT2D eigenvalue weighted by molar-refractivity contribution is 6.04. The summed E-state index contributed by atoms with van der Waals surface area (Å²) < 4.78 is 32.4. The van der Waals surface area contributed by atoms with E-state index in [9.17, 15) is 18.4 Å². The number of nitrogens with zero attached hydrogens (tertiary/aromatic N) is 2. The maximum Gasteiger partial charge on any atom is 0.410 e. The van der Waals surface area contributed by atoms with Crippen molar-refractivity contribution < 1.29 is 27.9 Å². The molecule has 1 atom stereocenters. The van der Waals surface area contributed by atoms with Crippen LogP contribution in [0.4, 0.5) is 13.6 Å². The Morgan fingerprint density at radius 2 is 2.00 bits per heavy atom. The van der Waals surface area contributed by atoms with Gasteiger partial charge in [0, 0.05) is 25.1 Å². The van der Waals surface area contributed by atoms with Gasteiger partial charge in [0.2, 0.25) is 6.10 Å². The van der Waals surface area contributed by atoms with Gasteiger partial charge in [-0.05, 0) is 39.0 Å². The fourth-order valence-electron chi connectivity index (χ4n) is 2.74. The zero-order valence-electron chi connectivity index (χ0n) is 15.3. The van der Waals surface area contributed by atoms with Crippen LogP contribution in [0, 0.1) is 11.6 Å². The molecule has 0 aromatic heterocycles. The van der Waals surface area contributed by atoms with Gasteiger partial charge in [-0.15, -0.1) is 0 Å². The standard InChI is InChI=1S/C18H21F2N3O4/c1-18(2,3)26-17(25)23-8-11(9-23)21-16(24)15-7-14(22-27-15)12-6-10(19)4-5-13(12)20/h4-6,11,15H,7-9H2,1-3H3,(H,21,24)/t15-/m1/s1. The zero-order valence-corrected chi connectivity index (χ0v) is 15.3. The van der Waals surface area contributed by atoms with Gasteiger partial charge in [0.15, 0.2) is 0 Å². The number of halogens is 2. The minimum atomic E-state index is -0.918. The molecule has 2 amide bonds. The molecule has 0 radical (unpaired) electrons. The second-order valence-corrected chi connectivity index (χ2v) is 7.55. The Morgan fingerprint density at radius 1 is 1.30 bits per heavy atom. The van der Waals surface area contributed by atoms with Gasteiger partial charge >= 0.3 is 6.09 Å². The molecule has 1 N–H and O–H groups in total. The van der Waals surface area contributed by atoms with Gasteiger partial charge in [0.05, 0.1) is 11.8 Å². The highest BCUT2D eigenvalue weighted by atomic mass is 19.1. The van der Waals surface area contributed by atoms with Crippen LogP contribution >= 0.6 is 0 Å². The summed E-state index contributed by atoms with van der Waals surface area (Å²) in [5.74, 6) is -1.65. The molecule has 2 heterocycles. The molecule has 9 heteroatoms. The van der Waals surface area contributed by atoms with Crippen LogP contribution in [0.5, 0.6) is 0 Å². The summed E-state index contributed by atoms with van der Waals surface area (Å²) in [4.78, 5) is 30.7. The van der Waals surface area contributed by atoms with Crippen molar-refractivity contribution in [2.24, 2.45) is 5.16 Å². The molecule has 1 aromatic carbocycles. The Balaban J connectivity index is 1.47. The first kappa shape index (κ1) is 19.1. The summed E-state index contributed by atoms with van der Waals surface area (Å²) in [5.41, 5.74) is -0.426. The predicted octanol–water partition coefficient (Wildman–Crippen LogP) is 2.19. The van der Waals surface area contributed by atoms with Crippen LogP contribution in [-0.4, -0.2) is 53.4 Å². The monoisotopic (exact) mass is 381 g/mol. The van der Waals surface area contributed by atoms with Gasteiger partial charge in [-0.2, -0.15) is 0 Å². The second-order valence-electron chi connectivity index (χ2n) is 7.55. The number of likely N-dealkylation sites (tertiary alicyclic amines) is 1. The van der Waals surface area contributed by atoms with Crippen LogP contribution in [0.15, 0.2) is 23.4 Å². The number of carbonyl (C=O) groups is 2. The number of rotatable bonds is 3. The molecule has 146 valence electrons. The molecule has 7 nitrogen and oxygen atoms in total. The average Bonchev–Trinajstić information content (AvgIpc) is 3.00. The highest BCUT2D eigenvalue weighted by Gasteiger charge is 2.37. The Labute approximate surface area is 155 Å². The van der Waals surface area contributed by atoms with E-state index in [1.54, 1.807) is 20.8 Å². The van der Waals surface area contributed by atoms with Crippen LogP contribution < -0.4 is 5.32 Å². The minimum Gasteiger partial charge on any atom is -0.444 e. The Kier molecular flexibility index (Phi) is 5.03. The van der Waals surface area contributed by atoms with Gasteiger partial charge in [-0.25, -0.2) is 13.6 Å². The number of ether oxygens (including phenoxy) is 1. The summed E-state index contributed by atoms with van der Waals surface area (Å²) in [6, 6.07) is 2.80. The highest BCUT2D eigenvalue weighted by Crippen LogP contribution is 2.21. The molecule has 0 spiro atoms. The van der Waals surface area contributed by atoms with E-state index >= 15 is 0 Å². The number of hydrogen-bond acceptors (Lipinski definition) is 5. The van der Waals surface area contributed by atoms with Crippen molar-refractivity contribution in [3.63, 3.8) is 0 Å². The van der Waals surface area contributed by atoms with Crippen molar-refractivity contribution in [2.75, 3.05) is 13.1 Å². The Bertz CT molecular complexity index is 785. The van der Waals surface area contributed by atoms with Crippen LogP contribution in [0.25, 0.3) is 0 Å². The van der Waals surface area contributed by atoms with Crippen molar-refractivity contribution in [2.45, 2.75) is 44.9 Å². The summed E-state index contributed by atoms with van der Waals surface area (Å²) in [5, 5.41) is 6.46. The van der Waals surface area contributed by atoms with Gasteiger partial charge < -0.3 is 19.8 Å². The summed E-state index contributed by atoms with van der Waals surface area (Å²) in [7, 11) is 0. The third-order valence-corrected chi connectivity index (χ3v) is 4.08. The lowest BCUT2D eigenvalue weighted by Crippen LogP contribution is -2.62. The smallest absolute Gasteiger partial charge is 0.410 e. The number of oxime groups is 1. The molecule has 1 saturated heterocycles. The molecule has 2 aliphatic rings. The first-order valence-electron chi connectivity index (χ1n) is 8.59. The molecule has 0 unspecified atom stereocenters. The molecule has 0 aliphatic carbocycles. The molecule has 0 bridgehead atoms. The molecular formula is C18H21F2N3O4. The zero-order chi connectivity index (χ0) is 19.8. The van der Waals surface area contributed by atoms with E-state index in [2.05, 4.69) is 10.5 Å². The van der Waals surface area contributed by atoms with E-state index in [4.69, 9.17) is 9.57 Å². The first-order valence-corrected chi connectivity index (χ1v) is 8.59. The quantitative estimate of drug-likeness (QED) is 0.871. The lowest BCUT2D eigenvalue weighted by molar-refractivity contribution is -0.133. The van der Waals surface area contributed by atoms with E-state index in [-0.39, 0.29) is 23.7 Å². The lowest BCUT2D eigenvalue weighted by atomic mass is 10.0. The van der Waals surface area contributed by atoms with E-state index < -0.39 is 35.3 Å². The van der Waals surface area contributed by atoms with Crippen LogP contribution in [-0.2, 0) is 14.4 Å². The normalized spacial score (nSPS) is 19.8. The fraction of sp³-hybridized carbons (Fsp3) is 0.500. The average molecular weight is 381 g/mol. The molecular weight excluding hydrogens is 360 g/mol. The van der Waals surface area contributed by atoms with Gasteiger partial charge in [-0.1, -0.05) is 5.16 Å². The molecule has 3 rings (SSSR count). The third kappa shape index (κ3) is 4.53. The molecule has 0 saturated carbocycles.